The first kappa shape index (κ1) is 49.2. The van der Waals surface area contributed by atoms with Gasteiger partial charge >= 0.3 is 0 Å². The molecule has 52 heavy (non-hydrogen) atoms. The third kappa shape index (κ3) is 27.7. The Labute approximate surface area is 330 Å². The van der Waals surface area contributed by atoms with Crippen molar-refractivity contribution < 1.29 is 19.8 Å². The molecule has 2 unspecified atom stereocenters. The number of rotatable bonds is 40. The molecule has 2 N–H and O–H groups in total. The Balaban J connectivity index is 2.09. The second-order valence-electron chi connectivity index (χ2n) is 15.3. The fourth-order valence-corrected chi connectivity index (χ4v) is 8.77. The largest absolute Gasteiger partial charge is 0.374 e. The number of benzene rings is 1. The lowest BCUT2D eigenvalue weighted by Gasteiger charge is -2.15. The smallest absolute Gasteiger partial charge is 0.202 e. The summed E-state index contributed by atoms with van der Waals surface area (Å²) in [7, 11) is 0. The Morgan fingerprint density at radius 1 is 0.404 bits per heavy atom. The van der Waals surface area contributed by atoms with E-state index in [0.29, 0.717) is 0 Å². The molecule has 0 spiro atoms. The van der Waals surface area contributed by atoms with E-state index in [1.54, 1.807) is 24.3 Å². The summed E-state index contributed by atoms with van der Waals surface area (Å²) >= 11 is 2.51. The van der Waals surface area contributed by atoms with E-state index in [1.807, 2.05) is 0 Å². The van der Waals surface area contributed by atoms with E-state index < -0.39 is 22.4 Å². The molecule has 0 bridgehead atoms. The van der Waals surface area contributed by atoms with Crippen LogP contribution in [0.25, 0.3) is 0 Å². The van der Waals surface area contributed by atoms with E-state index in [0.717, 1.165) is 37.2 Å². The number of Topliss-reactive ketones (excluding diaryl/α,β-unsaturated/α-hetero) is 2. The molecule has 302 valence electrons. The van der Waals surface area contributed by atoms with Crippen molar-refractivity contribution in [3.05, 3.63) is 35.4 Å². The van der Waals surface area contributed by atoms with Crippen molar-refractivity contribution in [2.24, 2.45) is 0 Å². The maximum absolute atomic E-state index is 13.1. The van der Waals surface area contributed by atoms with Crippen molar-refractivity contribution in [2.45, 2.75) is 230 Å². The highest BCUT2D eigenvalue weighted by atomic mass is 32.2. The van der Waals surface area contributed by atoms with Crippen molar-refractivity contribution in [3.63, 3.8) is 0 Å². The van der Waals surface area contributed by atoms with Crippen LogP contribution in [0.5, 0.6) is 0 Å². The lowest BCUT2D eigenvalue weighted by molar-refractivity contribution is 0.0835. The van der Waals surface area contributed by atoms with Crippen molar-refractivity contribution in [1.82, 2.24) is 0 Å². The number of hydrogen-bond acceptors (Lipinski definition) is 6. The van der Waals surface area contributed by atoms with Gasteiger partial charge in [0, 0.05) is 11.1 Å². The molecule has 6 heteroatoms. The molecule has 0 aromatic heterocycles. The molecule has 0 radical (unpaired) electrons. The van der Waals surface area contributed by atoms with Gasteiger partial charge in [-0.05, 0) is 24.3 Å². The average molecular weight is 763 g/mol. The van der Waals surface area contributed by atoms with Gasteiger partial charge in [0.25, 0.3) is 0 Å². The summed E-state index contributed by atoms with van der Waals surface area (Å²) in [6, 6.07) is 6.63. The number of carbonyl (C=O) groups excluding carboxylic acids is 2. The van der Waals surface area contributed by atoms with Crippen LogP contribution in [0.3, 0.4) is 0 Å². The summed E-state index contributed by atoms with van der Waals surface area (Å²) in [5.74, 6) is 0.555. The van der Waals surface area contributed by atoms with E-state index in [4.69, 9.17) is 0 Å². The van der Waals surface area contributed by atoms with E-state index in [-0.39, 0.29) is 11.1 Å². The third-order valence-electron chi connectivity index (χ3n) is 10.5. The Morgan fingerprint density at radius 3 is 0.846 bits per heavy atom. The summed E-state index contributed by atoms with van der Waals surface area (Å²) < 4.78 is 0. The number of carbonyl (C=O) groups is 2. The van der Waals surface area contributed by atoms with Crippen molar-refractivity contribution in [2.75, 3.05) is 11.5 Å². The van der Waals surface area contributed by atoms with Gasteiger partial charge in [0.15, 0.2) is 10.9 Å². The van der Waals surface area contributed by atoms with Crippen LogP contribution in [-0.4, -0.2) is 44.2 Å². The van der Waals surface area contributed by atoms with E-state index >= 15 is 0 Å². The van der Waals surface area contributed by atoms with Crippen LogP contribution < -0.4 is 0 Å². The molecule has 2 atom stereocenters. The fourth-order valence-electron chi connectivity index (χ4n) is 7.02. The second-order valence-corrected chi connectivity index (χ2v) is 17.7. The average Bonchev–Trinajstić information content (AvgIpc) is 3.16. The maximum Gasteiger partial charge on any atom is 0.202 e. The van der Waals surface area contributed by atoms with Crippen LogP contribution in [0.4, 0.5) is 0 Å². The van der Waals surface area contributed by atoms with Crippen molar-refractivity contribution in [1.29, 1.82) is 0 Å². The second kappa shape index (κ2) is 37.1. The molecule has 1 rings (SSSR count). The first-order chi connectivity index (χ1) is 25.5. The number of aliphatic hydroxyl groups is 2. The molecule has 0 saturated heterocycles. The van der Waals surface area contributed by atoms with Crippen LogP contribution in [0.1, 0.15) is 240 Å². The Kier molecular flexibility index (Phi) is 35.1. The maximum atomic E-state index is 13.1. The number of thioether (sulfide) groups is 2. The Bertz CT molecular complexity index is 879. The van der Waals surface area contributed by atoms with Gasteiger partial charge in [-0.25, -0.2) is 0 Å². The molecule has 0 saturated carbocycles. The summed E-state index contributed by atoms with van der Waals surface area (Å²) in [5, 5.41) is 21.3. The van der Waals surface area contributed by atoms with Gasteiger partial charge in [-0.3, -0.25) is 9.59 Å². The number of unbranched alkanes of at least 4 members (excludes halogenated alkanes) is 30. The number of hydrogen-bond donors (Lipinski definition) is 2. The van der Waals surface area contributed by atoms with E-state index in [1.165, 1.54) is 203 Å². The van der Waals surface area contributed by atoms with Crippen LogP contribution in [0.15, 0.2) is 24.3 Å². The Morgan fingerprint density at radius 2 is 0.615 bits per heavy atom. The zero-order chi connectivity index (χ0) is 37.7. The van der Waals surface area contributed by atoms with Gasteiger partial charge in [0.1, 0.15) is 0 Å². The van der Waals surface area contributed by atoms with E-state index in [2.05, 4.69) is 13.8 Å². The lowest BCUT2D eigenvalue weighted by Crippen LogP contribution is -2.24. The summed E-state index contributed by atoms with van der Waals surface area (Å²) in [4.78, 5) is 26.2. The van der Waals surface area contributed by atoms with Gasteiger partial charge in [-0.15, -0.1) is 23.5 Å². The molecule has 0 fully saturated rings. The van der Waals surface area contributed by atoms with Gasteiger partial charge in [0.2, 0.25) is 11.6 Å². The SMILES string of the molecule is CCCCCCCCCCCCCCCCCCSC(O)C(=O)c1ccccc1C(=O)C(O)SCCCCCCCCCCCCCCCCCC. The zero-order valence-corrected chi connectivity index (χ0v) is 35.7. The topological polar surface area (TPSA) is 74.6 Å². The summed E-state index contributed by atoms with van der Waals surface area (Å²) in [5.41, 5.74) is -1.97. The zero-order valence-electron chi connectivity index (χ0n) is 34.0. The first-order valence-corrected chi connectivity index (χ1v) is 24.4. The minimum Gasteiger partial charge on any atom is -0.374 e. The third-order valence-corrected chi connectivity index (χ3v) is 12.6. The minimum absolute atomic E-state index is 0.210. The van der Waals surface area contributed by atoms with Crippen LogP contribution >= 0.6 is 23.5 Å². The van der Waals surface area contributed by atoms with Crippen LogP contribution in [-0.2, 0) is 0 Å². The van der Waals surface area contributed by atoms with Gasteiger partial charge in [-0.2, -0.15) is 0 Å². The Hall–Kier alpha value is -0.820. The molecule has 0 amide bonds. The lowest BCUT2D eigenvalue weighted by atomic mass is 10.0. The first-order valence-electron chi connectivity index (χ1n) is 22.3. The predicted molar refractivity (Wildman–Crippen MR) is 231 cm³/mol. The van der Waals surface area contributed by atoms with Gasteiger partial charge in [-0.1, -0.05) is 231 Å². The highest BCUT2D eigenvalue weighted by Crippen LogP contribution is 2.24. The fraction of sp³-hybridized carbons (Fsp3) is 0.826. The van der Waals surface area contributed by atoms with Crippen LogP contribution in [0, 0.1) is 0 Å². The minimum atomic E-state index is -1.19. The normalized spacial score (nSPS) is 12.7. The molecule has 0 aliphatic rings. The van der Waals surface area contributed by atoms with Crippen molar-refractivity contribution in [3.8, 4) is 0 Å². The molecule has 1 aromatic carbocycles. The molecule has 0 heterocycles. The number of ketones is 2. The molecule has 4 nitrogen and oxygen atoms in total. The molecule has 0 aliphatic carbocycles. The van der Waals surface area contributed by atoms with Gasteiger partial charge < -0.3 is 10.2 Å². The highest BCUT2D eigenvalue weighted by Gasteiger charge is 2.26. The highest BCUT2D eigenvalue weighted by molar-refractivity contribution is 8.00. The van der Waals surface area contributed by atoms with Gasteiger partial charge in [0.05, 0.1) is 0 Å². The monoisotopic (exact) mass is 763 g/mol. The summed E-state index contributed by atoms with van der Waals surface area (Å²) in [6.45, 7) is 4.55. The molecular weight excluding hydrogens is 681 g/mol. The quantitative estimate of drug-likeness (QED) is 0.0394. The van der Waals surface area contributed by atoms with Crippen LogP contribution in [0.2, 0.25) is 0 Å². The predicted octanol–water partition coefficient (Wildman–Crippen LogP) is 14.7. The van der Waals surface area contributed by atoms with Crippen molar-refractivity contribution >= 4 is 35.1 Å². The standard InChI is InChI=1S/C46H82O4S2/c1-3-5-7-9-11-13-15-17-19-21-23-25-27-29-31-35-39-51-45(49)43(47)41-37-33-34-38-42(41)44(48)46(50)52-40-36-32-30-28-26-24-22-20-18-16-14-12-10-8-6-4-2/h33-34,37-38,45-46,49-50H,3-32,35-36,39-40H2,1-2H3. The molecular formula is C46H82O4S2. The molecule has 0 aliphatic heterocycles. The molecule has 1 aromatic rings. The number of aliphatic hydroxyl groups excluding tert-OH is 2. The summed E-state index contributed by atoms with van der Waals surface area (Å²) in [6.07, 6.45) is 42.2. The van der Waals surface area contributed by atoms with E-state index in [9.17, 15) is 19.8 Å².